The predicted octanol–water partition coefficient (Wildman–Crippen LogP) is 5.91. The van der Waals surface area contributed by atoms with E-state index in [0.717, 1.165) is 56.6 Å². The first kappa shape index (κ1) is 30.8. The van der Waals surface area contributed by atoms with Gasteiger partial charge >= 0.3 is 0 Å². The van der Waals surface area contributed by atoms with Crippen molar-refractivity contribution in [2.45, 2.75) is 76.7 Å². The Labute approximate surface area is 261 Å². The van der Waals surface area contributed by atoms with Crippen molar-refractivity contribution in [2.75, 3.05) is 37.5 Å². The zero-order valence-corrected chi connectivity index (χ0v) is 27.0. The van der Waals surface area contributed by atoms with Gasteiger partial charge in [0.15, 0.2) is 0 Å². The van der Waals surface area contributed by atoms with E-state index in [9.17, 15) is 13.8 Å². The van der Waals surface area contributed by atoms with E-state index in [1.54, 1.807) is 20.1 Å². The summed E-state index contributed by atoms with van der Waals surface area (Å²) in [6.45, 7) is 6.02. The molecule has 2 aromatic rings. The smallest absolute Gasteiger partial charge is 0.286 e. The number of rotatable bonds is 3. The van der Waals surface area contributed by atoms with Crippen LogP contribution in [0.2, 0.25) is 0 Å². The lowest BCUT2D eigenvalue weighted by molar-refractivity contribution is -0.118. The van der Waals surface area contributed by atoms with Crippen LogP contribution in [-0.2, 0) is 31.3 Å². The monoisotopic (exact) mass is 619 g/mol. The Bertz CT molecular complexity index is 1580. The average molecular weight is 620 g/mol. The first-order chi connectivity index (χ1) is 21.2. The van der Waals surface area contributed by atoms with Crippen LogP contribution < -0.4 is 14.4 Å². The van der Waals surface area contributed by atoms with Crippen LogP contribution in [0.15, 0.2) is 52.9 Å². The van der Waals surface area contributed by atoms with E-state index in [2.05, 4.69) is 51.3 Å². The number of carbonyl (C=O) groups excluding carboxylic acids is 2. The Hall–Kier alpha value is -3.17. The standard InChI is InChI=1S/C35H45N3O5S/c1-4-33(39)36-44(41)18-7-5-6-10-31(42-3)28-14-12-27(28)21-38-22-35(17-8-9-25-19-24(2)11-15-29(25)35)23-43-32-16-13-26(20-30(32)38)34(40)37-44/h6,10-11,13,15-16,19-20,27-28,31H,4-5,7-9,12,14,17-18,21-23H2,1-3H3,(H,36,37,39,40,41)/b10-6+/t27-,28+,31-,35-,44-/m0/s1. The van der Waals surface area contributed by atoms with Crippen molar-refractivity contribution < 1.29 is 23.3 Å². The molecule has 2 aromatic carbocycles. The summed E-state index contributed by atoms with van der Waals surface area (Å²) in [7, 11) is -1.51. The molecule has 1 fully saturated rings. The van der Waals surface area contributed by atoms with Crippen molar-refractivity contribution in [1.82, 2.24) is 4.72 Å². The third kappa shape index (κ3) is 6.18. The quantitative estimate of drug-likeness (QED) is 0.429. The second-order valence-corrected chi connectivity index (χ2v) is 15.1. The molecule has 0 unspecified atom stereocenters. The fourth-order valence-electron chi connectivity index (χ4n) is 7.52. The van der Waals surface area contributed by atoms with Gasteiger partial charge < -0.3 is 14.4 Å². The Morgan fingerprint density at radius 1 is 1.20 bits per heavy atom. The van der Waals surface area contributed by atoms with Crippen LogP contribution in [0.25, 0.3) is 0 Å². The number of hydrogen-bond acceptors (Lipinski definition) is 6. The highest BCUT2D eigenvalue weighted by atomic mass is 32.2. The Morgan fingerprint density at radius 2 is 2.07 bits per heavy atom. The molecule has 4 aliphatic rings. The third-order valence-electron chi connectivity index (χ3n) is 10.0. The first-order valence-corrected chi connectivity index (χ1v) is 17.8. The maximum absolute atomic E-state index is 13.8. The van der Waals surface area contributed by atoms with Crippen LogP contribution in [0.5, 0.6) is 5.75 Å². The second kappa shape index (κ2) is 12.7. The summed E-state index contributed by atoms with van der Waals surface area (Å²) in [5.74, 6) is 0.699. The lowest BCUT2D eigenvalue weighted by Gasteiger charge is -2.46. The summed E-state index contributed by atoms with van der Waals surface area (Å²) in [5, 5.41) is 0. The number of nitrogens with one attached hydrogen (secondary N) is 1. The van der Waals surface area contributed by atoms with E-state index < -0.39 is 15.8 Å². The predicted molar refractivity (Wildman–Crippen MR) is 174 cm³/mol. The molecule has 0 radical (unpaired) electrons. The molecule has 6 rings (SSSR count). The lowest BCUT2D eigenvalue weighted by atomic mass is 9.68. The Morgan fingerprint density at radius 3 is 2.84 bits per heavy atom. The van der Waals surface area contributed by atoms with Crippen LogP contribution in [0, 0.1) is 18.8 Å². The number of methoxy groups -OCH3 is 1. The van der Waals surface area contributed by atoms with E-state index in [0.29, 0.717) is 36.8 Å². The van der Waals surface area contributed by atoms with Crippen LogP contribution in [-0.4, -0.2) is 54.7 Å². The SMILES string of the molecule is CCC(=O)N[S@]1(=O)=NC(=O)c2ccc3c(c2)N(C[C@@H]2CC[C@H]2[C@@H](OC)/C=C/CCC1)C[C@@]1(CCCc2cc(C)ccc21)CO3. The van der Waals surface area contributed by atoms with E-state index in [4.69, 9.17) is 9.47 Å². The number of allylic oxidation sites excluding steroid dienone is 1. The molecule has 2 aliphatic heterocycles. The molecule has 2 heterocycles. The normalized spacial score (nSPS) is 30.9. The van der Waals surface area contributed by atoms with Gasteiger partial charge in [-0.15, -0.1) is 4.36 Å². The molecule has 0 aromatic heterocycles. The maximum Gasteiger partial charge on any atom is 0.286 e. The van der Waals surface area contributed by atoms with E-state index in [1.807, 2.05) is 12.1 Å². The molecule has 1 N–H and O–H groups in total. The van der Waals surface area contributed by atoms with Gasteiger partial charge in [0.25, 0.3) is 5.91 Å². The zero-order valence-electron chi connectivity index (χ0n) is 26.2. The van der Waals surface area contributed by atoms with Crippen molar-refractivity contribution in [3.63, 3.8) is 0 Å². The molecule has 1 saturated carbocycles. The summed E-state index contributed by atoms with van der Waals surface area (Å²) >= 11 is 0. The zero-order chi connectivity index (χ0) is 30.9. The average Bonchev–Trinajstić information content (AvgIpc) is 3.14. The number of aryl methyl sites for hydroxylation is 2. The highest BCUT2D eigenvalue weighted by Crippen LogP contribution is 2.46. The highest BCUT2D eigenvalue weighted by Gasteiger charge is 2.44. The molecule has 2 amide bonds. The number of amides is 2. The van der Waals surface area contributed by atoms with Gasteiger partial charge in [-0.05, 0) is 93.0 Å². The third-order valence-corrected chi connectivity index (χ3v) is 11.9. The van der Waals surface area contributed by atoms with Crippen LogP contribution in [0.1, 0.15) is 78.9 Å². The minimum absolute atomic E-state index is 0.00144. The molecule has 44 heavy (non-hydrogen) atoms. The number of fused-ring (bicyclic) bond motifs is 4. The minimum atomic E-state index is -3.29. The number of anilines is 1. The number of hydrogen-bond donors (Lipinski definition) is 1. The molecule has 9 heteroatoms. The molecule has 8 nitrogen and oxygen atoms in total. The highest BCUT2D eigenvalue weighted by molar-refractivity contribution is 7.92. The topological polar surface area (TPSA) is 97.3 Å². The lowest BCUT2D eigenvalue weighted by Crippen LogP contribution is -2.49. The number of carbonyl (C=O) groups is 2. The summed E-state index contributed by atoms with van der Waals surface area (Å²) in [6, 6.07) is 12.3. The van der Waals surface area contributed by atoms with Gasteiger partial charge in [-0.2, -0.15) is 0 Å². The molecule has 236 valence electrons. The molecule has 2 aliphatic carbocycles. The van der Waals surface area contributed by atoms with Gasteiger partial charge in [-0.1, -0.05) is 42.8 Å². The van der Waals surface area contributed by atoms with Crippen LogP contribution >= 0.6 is 0 Å². The van der Waals surface area contributed by atoms with E-state index >= 15 is 0 Å². The van der Waals surface area contributed by atoms with Crippen molar-refractivity contribution in [2.24, 2.45) is 16.2 Å². The van der Waals surface area contributed by atoms with E-state index in [-0.39, 0.29) is 29.6 Å². The molecule has 2 bridgehead atoms. The first-order valence-electron chi connectivity index (χ1n) is 16.1. The minimum Gasteiger partial charge on any atom is -0.490 e. The van der Waals surface area contributed by atoms with E-state index in [1.165, 1.54) is 16.7 Å². The second-order valence-electron chi connectivity index (χ2n) is 13.0. The number of ether oxygens (including phenoxy) is 2. The van der Waals surface area contributed by atoms with Crippen molar-refractivity contribution in [3.8, 4) is 5.75 Å². The molecule has 5 atom stereocenters. The van der Waals surface area contributed by atoms with Crippen molar-refractivity contribution in [1.29, 1.82) is 0 Å². The van der Waals surface area contributed by atoms with Crippen molar-refractivity contribution >= 4 is 27.4 Å². The van der Waals surface area contributed by atoms with Gasteiger partial charge in [0.2, 0.25) is 5.91 Å². The fraction of sp³-hybridized carbons (Fsp3) is 0.543. The number of benzene rings is 2. The molecule has 0 saturated heterocycles. The van der Waals surface area contributed by atoms with Crippen LogP contribution in [0.3, 0.4) is 0 Å². The molecular formula is C35H45N3O5S. The summed E-state index contributed by atoms with van der Waals surface area (Å²) in [4.78, 5) is 28.3. The largest absolute Gasteiger partial charge is 0.490 e. The van der Waals surface area contributed by atoms with Crippen LogP contribution in [0.4, 0.5) is 5.69 Å². The summed E-state index contributed by atoms with van der Waals surface area (Å²) in [6.07, 6.45) is 11.0. The van der Waals surface area contributed by atoms with Gasteiger partial charge in [0, 0.05) is 37.6 Å². The Balaban J connectivity index is 1.44. The summed E-state index contributed by atoms with van der Waals surface area (Å²) < 4.78 is 33.1. The molecule has 1 spiro atoms. The van der Waals surface area contributed by atoms with Gasteiger partial charge in [-0.3, -0.25) is 14.3 Å². The number of nitrogens with zero attached hydrogens (tertiary/aromatic N) is 2. The van der Waals surface area contributed by atoms with Gasteiger partial charge in [-0.25, -0.2) is 4.21 Å². The van der Waals surface area contributed by atoms with Gasteiger partial charge in [0.1, 0.15) is 15.7 Å². The summed E-state index contributed by atoms with van der Waals surface area (Å²) in [5.41, 5.74) is 5.10. The van der Waals surface area contributed by atoms with Crippen molar-refractivity contribution in [3.05, 3.63) is 70.8 Å². The Kier molecular flexibility index (Phi) is 8.88. The van der Waals surface area contributed by atoms with Gasteiger partial charge in [0.05, 0.1) is 24.2 Å². The fourth-order valence-corrected chi connectivity index (χ4v) is 9.19. The maximum atomic E-state index is 13.8. The molecular weight excluding hydrogens is 574 g/mol.